The van der Waals surface area contributed by atoms with Crippen LogP contribution in [0.1, 0.15) is 57.3 Å². The van der Waals surface area contributed by atoms with Crippen LogP contribution in [0.25, 0.3) is 0 Å². The van der Waals surface area contributed by atoms with Crippen molar-refractivity contribution in [3.63, 3.8) is 0 Å². The van der Waals surface area contributed by atoms with Crippen molar-refractivity contribution < 1.29 is 13.2 Å². The predicted octanol–water partition coefficient (Wildman–Crippen LogP) is 3.91. The zero-order chi connectivity index (χ0) is 22.2. The lowest BCUT2D eigenvalue weighted by Gasteiger charge is -2.19. The minimum absolute atomic E-state index is 0.103. The number of hydrogen-bond acceptors (Lipinski definition) is 6. The molecule has 2 aromatic rings. The van der Waals surface area contributed by atoms with E-state index in [1.807, 2.05) is 0 Å². The fourth-order valence-electron chi connectivity index (χ4n) is 3.47. The minimum Gasteiger partial charge on any atom is -0.324 e. The topological polar surface area (TPSA) is 97.2 Å². The third-order valence-corrected chi connectivity index (χ3v) is 8.75. The second-order valence-electron chi connectivity index (χ2n) is 7.78. The second kappa shape index (κ2) is 9.09. The van der Waals surface area contributed by atoms with E-state index in [-0.39, 0.29) is 27.3 Å². The Morgan fingerprint density at radius 1 is 1.23 bits per heavy atom. The van der Waals surface area contributed by atoms with Gasteiger partial charge in [0.25, 0.3) is 0 Å². The number of sulfonamides is 1. The van der Waals surface area contributed by atoms with Gasteiger partial charge in [0.1, 0.15) is 5.82 Å². The van der Waals surface area contributed by atoms with Crippen LogP contribution in [0.15, 0.2) is 28.3 Å². The normalized spacial score (nSPS) is 16.6. The number of rotatable bonds is 10. The van der Waals surface area contributed by atoms with Gasteiger partial charge in [0, 0.05) is 25.0 Å². The number of halogens is 1. The average Bonchev–Trinajstić information content (AvgIpc) is 3.67. The highest BCUT2D eigenvalue weighted by Gasteiger charge is 2.36. The first-order chi connectivity index (χ1) is 14.8. The van der Waals surface area contributed by atoms with Gasteiger partial charge in [-0.3, -0.25) is 4.79 Å². The van der Waals surface area contributed by atoms with Crippen LogP contribution >= 0.6 is 23.4 Å². The van der Waals surface area contributed by atoms with Crippen molar-refractivity contribution >= 4 is 45.0 Å². The first kappa shape index (κ1) is 22.6. The lowest BCUT2D eigenvalue weighted by Crippen LogP contribution is -2.30. The monoisotopic (exact) mass is 483 g/mol. The van der Waals surface area contributed by atoms with Gasteiger partial charge >= 0.3 is 0 Å². The molecule has 0 bridgehead atoms. The summed E-state index contributed by atoms with van der Waals surface area (Å²) < 4.78 is 29.1. The maximum absolute atomic E-state index is 12.8. The zero-order valence-corrected chi connectivity index (χ0v) is 19.9. The fourth-order valence-corrected chi connectivity index (χ4v) is 5.93. The van der Waals surface area contributed by atoms with Gasteiger partial charge in [-0.05, 0) is 43.9 Å². The van der Waals surface area contributed by atoms with Crippen molar-refractivity contribution in [3.05, 3.63) is 29.0 Å². The number of thioether (sulfide) groups is 1. The Balaban J connectivity index is 1.45. The van der Waals surface area contributed by atoms with Crippen molar-refractivity contribution in [3.8, 4) is 0 Å². The summed E-state index contributed by atoms with van der Waals surface area (Å²) in [6.07, 6.45) is 4.56. The van der Waals surface area contributed by atoms with Crippen LogP contribution < -0.4 is 5.32 Å². The largest absolute Gasteiger partial charge is 0.324 e. The highest BCUT2D eigenvalue weighted by Crippen LogP contribution is 2.46. The van der Waals surface area contributed by atoms with Crippen LogP contribution in [0.3, 0.4) is 0 Å². The number of carbonyl (C=O) groups excluding carboxylic acids is 1. The summed E-state index contributed by atoms with van der Waals surface area (Å²) in [6, 6.07) is 4.81. The molecule has 0 radical (unpaired) electrons. The molecule has 2 saturated carbocycles. The van der Waals surface area contributed by atoms with Crippen molar-refractivity contribution in [2.45, 2.75) is 61.5 Å². The van der Waals surface area contributed by atoms with Crippen LogP contribution in [-0.4, -0.2) is 52.2 Å². The van der Waals surface area contributed by atoms with E-state index < -0.39 is 10.0 Å². The summed E-state index contributed by atoms with van der Waals surface area (Å²) >= 11 is 7.56. The molecule has 8 nitrogen and oxygen atoms in total. The van der Waals surface area contributed by atoms with Crippen LogP contribution in [0, 0.1) is 0 Å². The first-order valence-electron chi connectivity index (χ1n) is 10.5. The summed E-state index contributed by atoms with van der Waals surface area (Å²) in [5, 5.41) is 12.5. The van der Waals surface area contributed by atoms with E-state index in [9.17, 15) is 13.2 Å². The second-order valence-corrected chi connectivity index (χ2v) is 11.1. The molecule has 1 amide bonds. The molecule has 1 aromatic heterocycles. The Labute approximate surface area is 191 Å². The number of anilines is 1. The molecule has 4 rings (SSSR count). The molecule has 31 heavy (non-hydrogen) atoms. The van der Waals surface area contributed by atoms with Gasteiger partial charge in [-0.1, -0.05) is 37.2 Å². The Morgan fingerprint density at radius 3 is 2.55 bits per heavy atom. The molecule has 1 heterocycles. The predicted molar refractivity (Wildman–Crippen MR) is 121 cm³/mol. The van der Waals surface area contributed by atoms with Crippen molar-refractivity contribution in [1.29, 1.82) is 0 Å². The molecular weight excluding hydrogens is 458 g/mol. The molecule has 0 spiro atoms. The summed E-state index contributed by atoms with van der Waals surface area (Å²) in [7, 11) is -3.64. The van der Waals surface area contributed by atoms with Crippen molar-refractivity contribution in [1.82, 2.24) is 19.1 Å². The molecule has 0 unspecified atom stereocenters. The molecule has 0 aliphatic heterocycles. The molecule has 168 valence electrons. The number of amides is 1. The average molecular weight is 484 g/mol. The number of nitrogens with one attached hydrogen (secondary N) is 1. The Bertz CT molecular complexity index is 1080. The van der Waals surface area contributed by atoms with E-state index in [0.29, 0.717) is 25.0 Å². The maximum Gasteiger partial charge on any atom is 0.243 e. The van der Waals surface area contributed by atoms with E-state index in [1.54, 1.807) is 13.8 Å². The van der Waals surface area contributed by atoms with Gasteiger partial charge in [-0.25, -0.2) is 8.42 Å². The van der Waals surface area contributed by atoms with Crippen molar-refractivity contribution in [2.75, 3.05) is 24.2 Å². The molecular formula is C20H26ClN5O3S2. The smallest absolute Gasteiger partial charge is 0.243 e. The Morgan fingerprint density at radius 2 is 1.94 bits per heavy atom. The van der Waals surface area contributed by atoms with E-state index >= 15 is 0 Å². The molecule has 2 fully saturated rings. The third-order valence-electron chi connectivity index (χ3n) is 5.43. The molecule has 11 heteroatoms. The molecule has 0 atom stereocenters. The van der Waals surface area contributed by atoms with Gasteiger partial charge in [0.2, 0.25) is 15.9 Å². The summed E-state index contributed by atoms with van der Waals surface area (Å²) in [5.41, 5.74) is 0.280. The Kier molecular flexibility index (Phi) is 6.62. The fraction of sp³-hybridized carbons (Fsp3) is 0.550. The quantitative estimate of drug-likeness (QED) is 0.514. The lowest BCUT2D eigenvalue weighted by molar-refractivity contribution is -0.113. The number of aromatic nitrogens is 3. The van der Waals surface area contributed by atoms with Gasteiger partial charge in [0.15, 0.2) is 5.16 Å². The molecule has 1 aromatic carbocycles. The number of benzene rings is 1. The number of carbonyl (C=O) groups is 1. The minimum atomic E-state index is -3.64. The number of nitrogens with zero attached hydrogens (tertiary/aromatic N) is 4. The summed E-state index contributed by atoms with van der Waals surface area (Å²) in [4.78, 5) is 12.7. The van der Waals surface area contributed by atoms with Crippen LogP contribution in [-0.2, 0) is 14.8 Å². The number of hydrogen-bond donors (Lipinski definition) is 1. The molecule has 1 N–H and O–H groups in total. The summed E-state index contributed by atoms with van der Waals surface area (Å²) in [5.74, 6) is 1.41. The van der Waals surface area contributed by atoms with Gasteiger partial charge in [0.05, 0.1) is 21.4 Å². The molecule has 2 aliphatic rings. The molecule has 0 saturated heterocycles. The highest BCUT2D eigenvalue weighted by molar-refractivity contribution is 7.99. The van der Waals surface area contributed by atoms with Gasteiger partial charge in [-0.15, -0.1) is 10.2 Å². The molecule has 2 aliphatic carbocycles. The van der Waals surface area contributed by atoms with Crippen LogP contribution in [0.5, 0.6) is 0 Å². The first-order valence-corrected chi connectivity index (χ1v) is 13.3. The van der Waals surface area contributed by atoms with Crippen LogP contribution in [0.4, 0.5) is 5.69 Å². The summed E-state index contributed by atoms with van der Waals surface area (Å²) in [6.45, 7) is 4.30. The van der Waals surface area contributed by atoms with Crippen LogP contribution in [0.2, 0.25) is 5.02 Å². The van der Waals surface area contributed by atoms with E-state index in [4.69, 9.17) is 11.6 Å². The highest BCUT2D eigenvalue weighted by atomic mass is 35.5. The van der Waals surface area contributed by atoms with Crippen molar-refractivity contribution in [2.24, 2.45) is 0 Å². The lowest BCUT2D eigenvalue weighted by atomic mass is 10.3. The Hall–Kier alpha value is -1.62. The van der Waals surface area contributed by atoms with Gasteiger partial charge < -0.3 is 9.88 Å². The SMILES string of the molecule is CCN(CC)S(=O)(=O)c1ccc(Cl)c(NC(=O)CSc2nnc(C3CC3)n2C2CC2)c1. The van der Waals surface area contributed by atoms with Gasteiger partial charge in [-0.2, -0.15) is 4.31 Å². The van der Waals surface area contributed by atoms with E-state index in [0.717, 1.165) is 36.7 Å². The standard InChI is InChI=1S/C20H26ClN5O3S2/c1-3-25(4-2)31(28,29)15-9-10-16(21)17(11-15)22-18(27)12-30-20-24-23-19(13-5-6-13)26(20)14-7-8-14/h9-11,13-14H,3-8,12H2,1-2H3,(H,22,27). The zero-order valence-electron chi connectivity index (χ0n) is 17.5. The van der Waals surface area contributed by atoms with E-state index in [2.05, 4.69) is 20.1 Å². The van der Waals surface area contributed by atoms with E-state index in [1.165, 1.54) is 34.3 Å². The third kappa shape index (κ3) is 4.92. The maximum atomic E-state index is 12.8.